The second-order valence-corrected chi connectivity index (χ2v) is 4.83. The Labute approximate surface area is 75.5 Å². The van der Waals surface area contributed by atoms with Crippen LogP contribution in [0.25, 0.3) is 0 Å². The van der Waals surface area contributed by atoms with Gasteiger partial charge in [-0.3, -0.25) is 0 Å². The van der Waals surface area contributed by atoms with Gasteiger partial charge in [-0.1, -0.05) is 6.92 Å². The summed E-state index contributed by atoms with van der Waals surface area (Å²) in [6, 6.07) is 0. The lowest BCUT2D eigenvalue weighted by molar-refractivity contribution is -0.121. The van der Waals surface area contributed by atoms with Gasteiger partial charge in [-0.2, -0.15) is 0 Å². The van der Waals surface area contributed by atoms with Gasteiger partial charge < -0.3 is 10.5 Å². The standard InChI is InChI=1S/C10H21NO/c1-4-10(7-12-8-10)6-5-9(2,3)11/h4-8,11H2,1-3H3. The van der Waals surface area contributed by atoms with Crippen LogP contribution in [0.1, 0.15) is 40.0 Å². The SMILES string of the molecule is CCC1(CCC(C)(C)N)COC1. The number of nitrogens with two attached hydrogens (primary N) is 1. The van der Waals surface area contributed by atoms with Crippen LogP contribution in [-0.4, -0.2) is 18.8 Å². The molecule has 2 heteroatoms. The molecule has 0 amide bonds. The Balaban J connectivity index is 2.30. The monoisotopic (exact) mass is 171 g/mol. The van der Waals surface area contributed by atoms with E-state index in [0.717, 1.165) is 19.6 Å². The molecule has 0 spiro atoms. The first kappa shape index (κ1) is 10.0. The molecule has 12 heavy (non-hydrogen) atoms. The van der Waals surface area contributed by atoms with E-state index in [0.29, 0.717) is 5.41 Å². The molecule has 1 aliphatic rings. The molecule has 1 aliphatic heterocycles. The van der Waals surface area contributed by atoms with Crippen molar-refractivity contribution in [3.05, 3.63) is 0 Å². The third-order valence-corrected chi connectivity index (χ3v) is 2.87. The first-order valence-corrected chi connectivity index (χ1v) is 4.84. The van der Waals surface area contributed by atoms with Crippen LogP contribution in [0.15, 0.2) is 0 Å². The normalized spacial score (nSPS) is 22.0. The van der Waals surface area contributed by atoms with Crippen LogP contribution < -0.4 is 5.73 Å². The minimum atomic E-state index is -0.0161. The van der Waals surface area contributed by atoms with Gasteiger partial charge in [0.15, 0.2) is 0 Å². The van der Waals surface area contributed by atoms with E-state index in [4.69, 9.17) is 10.5 Å². The Morgan fingerprint density at radius 2 is 2.00 bits per heavy atom. The van der Waals surface area contributed by atoms with Crippen molar-refractivity contribution in [1.29, 1.82) is 0 Å². The maximum Gasteiger partial charge on any atom is 0.0544 e. The summed E-state index contributed by atoms with van der Waals surface area (Å²) in [4.78, 5) is 0. The summed E-state index contributed by atoms with van der Waals surface area (Å²) in [5.41, 5.74) is 6.39. The Morgan fingerprint density at radius 1 is 1.42 bits per heavy atom. The largest absolute Gasteiger partial charge is 0.380 e. The van der Waals surface area contributed by atoms with E-state index in [-0.39, 0.29) is 5.54 Å². The van der Waals surface area contributed by atoms with Crippen LogP contribution in [0.3, 0.4) is 0 Å². The van der Waals surface area contributed by atoms with Crippen LogP contribution in [0.2, 0.25) is 0 Å². The zero-order chi connectivity index (χ0) is 9.24. The van der Waals surface area contributed by atoms with E-state index >= 15 is 0 Å². The fraction of sp³-hybridized carbons (Fsp3) is 1.00. The zero-order valence-electron chi connectivity index (χ0n) is 8.52. The molecular weight excluding hydrogens is 150 g/mol. The lowest BCUT2D eigenvalue weighted by atomic mass is 9.76. The summed E-state index contributed by atoms with van der Waals surface area (Å²) in [7, 11) is 0. The van der Waals surface area contributed by atoms with E-state index in [1.807, 2.05) is 0 Å². The van der Waals surface area contributed by atoms with E-state index < -0.39 is 0 Å². The van der Waals surface area contributed by atoms with Crippen LogP contribution in [0.5, 0.6) is 0 Å². The highest BCUT2D eigenvalue weighted by atomic mass is 16.5. The van der Waals surface area contributed by atoms with Gasteiger partial charge in [-0.25, -0.2) is 0 Å². The number of hydrogen-bond donors (Lipinski definition) is 1. The van der Waals surface area contributed by atoms with Crippen molar-refractivity contribution in [2.45, 2.75) is 45.6 Å². The Bertz CT molecular complexity index is 139. The van der Waals surface area contributed by atoms with Gasteiger partial charge in [0.25, 0.3) is 0 Å². The van der Waals surface area contributed by atoms with Gasteiger partial charge in [0.2, 0.25) is 0 Å². The summed E-state index contributed by atoms with van der Waals surface area (Å²) < 4.78 is 5.25. The zero-order valence-corrected chi connectivity index (χ0v) is 8.52. The molecule has 1 heterocycles. The minimum Gasteiger partial charge on any atom is -0.380 e. The Hall–Kier alpha value is -0.0800. The van der Waals surface area contributed by atoms with Crippen molar-refractivity contribution < 1.29 is 4.74 Å². The lowest BCUT2D eigenvalue weighted by Gasteiger charge is -2.42. The molecule has 0 saturated carbocycles. The van der Waals surface area contributed by atoms with E-state index in [9.17, 15) is 0 Å². The molecule has 0 aliphatic carbocycles. The highest BCUT2D eigenvalue weighted by Crippen LogP contribution is 2.37. The summed E-state index contributed by atoms with van der Waals surface area (Å²) in [6.07, 6.45) is 3.54. The second kappa shape index (κ2) is 3.35. The molecule has 72 valence electrons. The van der Waals surface area contributed by atoms with Crippen LogP contribution >= 0.6 is 0 Å². The molecule has 0 aromatic rings. The average molecular weight is 171 g/mol. The summed E-state index contributed by atoms with van der Waals surface area (Å²) >= 11 is 0. The van der Waals surface area contributed by atoms with E-state index in [2.05, 4.69) is 20.8 Å². The maximum atomic E-state index is 5.94. The topological polar surface area (TPSA) is 35.2 Å². The smallest absolute Gasteiger partial charge is 0.0544 e. The van der Waals surface area contributed by atoms with Crippen molar-refractivity contribution >= 4 is 0 Å². The van der Waals surface area contributed by atoms with Crippen molar-refractivity contribution in [1.82, 2.24) is 0 Å². The second-order valence-electron chi connectivity index (χ2n) is 4.83. The van der Waals surface area contributed by atoms with Crippen LogP contribution in [-0.2, 0) is 4.74 Å². The van der Waals surface area contributed by atoms with Gasteiger partial charge in [0.1, 0.15) is 0 Å². The van der Waals surface area contributed by atoms with Gasteiger partial charge in [0, 0.05) is 11.0 Å². The number of ether oxygens (including phenoxy) is 1. The molecule has 2 N–H and O–H groups in total. The van der Waals surface area contributed by atoms with Crippen molar-refractivity contribution in [2.75, 3.05) is 13.2 Å². The van der Waals surface area contributed by atoms with Crippen molar-refractivity contribution in [3.8, 4) is 0 Å². The predicted molar refractivity (Wildman–Crippen MR) is 51.0 cm³/mol. The van der Waals surface area contributed by atoms with Gasteiger partial charge in [-0.15, -0.1) is 0 Å². The average Bonchev–Trinajstić information content (AvgIpc) is 1.84. The van der Waals surface area contributed by atoms with Gasteiger partial charge >= 0.3 is 0 Å². The van der Waals surface area contributed by atoms with Crippen LogP contribution in [0.4, 0.5) is 0 Å². The Morgan fingerprint density at radius 3 is 2.25 bits per heavy atom. The molecule has 1 fully saturated rings. The maximum absolute atomic E-state index is 5.94. The highest BCUT2D eigenvalue weighted by molar-refractivity contribution is 4.87. The molecule has 0 radical (unpaired) electrons. The quantitative estimate of drug-likeness (QED) is 0.701. The van der Waals surface area contributed by atoms with Gasteiger partial charge in [-0.05, 0) is 33.1 Å². The highest BCUT2D eigenvalue weighted by Gasteiger charge is 2.37. The fourth-order valence-corrected chi connectivity index (χ4v) is 1.50. The fourth-order valence-electron chi connectivity index (χ4n) is 1.50. The van der Waals surface area contributed by atoms with Crippen LogP contribution in [0, 0.1) is 5.41 Å². The summed E-state index contributed by atoms with van der Waals surface area (Å²) in [5, 5.41) is 0. The molecule has 0 aromatic heterocycles. The predicted octanol–water partition coefficient (Wildman–Crippen LogP) is 1.93. The molecule has 0 bridgehead atoms. The van der Waals surface area contributed by atoms with E-state index in [1.54, 1.807) is 0 Å². The lowest BCUT2D eigenvalue weighted by Crippen LogP contribution is -2.44. The minimum absolute atomic E-state index is 0.0161. The number of rotatable bonds is 4. The molecule has 1 rings (SSSR count). The van der Waals surface area contributed by atoms with Crippen molar-refractivity contribution in [3.63, 3.8) is 0 Å². The number of hydrogen-bond acceptors (Lipinski definition) is 2. The summed E-state index contributed by atoms with van der Waals surface area (Å²) in [6.45, 7) is 8.32. The molecule has 0 atom stereocenters. The van der Waals surface area contributed by atoms with Crippen molar-refractivity contribution in [2.24, 2.45) is 11.1 Å². The molecule has 0 aromatic carbocycles. The molecule has 1 saturated heterocycles. The third-order valence-electron chi connectivity index (χ3n) is 2.87. The Kier molecular flexibility index (Phi) is 2.79. The van der Waals surface area contributed by atoms with E-state index in [1.165, 1.54) is 12.8 Å². The van der Waals surface area contributed by atoms with Gasteiger partial charge in [0.05, 0.1) is 13.2 Å². The molecular formula is C10H21NO. The first-order chi connectivity index (χ1) is 5.47. The molecule has 0 unspecified atom stereocenters. The first-order valence-electron chi connectivity index (χ1n) is 4.84. The molecule has 2 nitrogen and oxygen atoms in total. The summed E-state index contributed by atoms with van der Waals surface area (Å²) in [5.74, 6) is 0. The third kappa shape index (κ3) is 2.46.